The zero-order valence-electron chi connectivity index (χ0n) is 68.0. The van der Waals surface area contributed by atoms with Gasteiger partial charge in [-0.05, 0) is 149 Å². The first-order valence-corrected chi connectivity index (χ1v) is 41.0. The third-order valence-electron chi connectivity index (χ3n) is 22.8. The highest BCUT2D eigenvalue weighted by atomic mass is 35.5. The summed E-state index contributed by atoms with van der Waals surface area (Å²) in [5.74, 6) is -8.51. The average Bonchev–Trinajstić information content (AvgIpc) is 1.62. The number of aliphatic hydroxyl groups is 1. The topological polar surface area (TPSA) is 354 Å². The van der Waals surface area contributed by atoms with Gasteiger partial charge in [0.15, 0.2) is 0 Å². The summed E-state index contributed by atoms with van der Waals surface area (Å²) < 4.78 is 30.4. The van der Waals surface area contributed by atoms with Gasteiger partial charge in [-0.15, -0.1) is 0 Å². The number of nitrogens with one attached hydrogen (secondary N) is 8. The monoisotopic (exact) mass is 1630 g/mol. The summed E-state index contributed by atoms with van der Waals surface area (Å²) in [5.41, 5.74) is 2.84. The van der Waals surface area contributed by atoms with E-state index in [0.29, 0.717) is 96.9 Å². The van der Waals surface area contributed by atoms with Crippen LogP contribution in [0.4, 0.5) is 4.39 Å². The highest BCUT2D eigenvalue weighted by Crippen LogP contribution is 2.33. The normalized spacial score (nSPS) is 24.4. The van der Waals surface area contributed by atoms with E-state index in [-0.39, 0.29) is 121 Å². The molecule has 6 aliphatic heterocycles. The molecule has 9 N–H and O–H groups in total. The number of aryl methyl sites for hydroxylation is 1. The van der Waals surface area contributed by atoms with Gasteiger partial charge in [-0.3, -0.25) is 57.5 Å². The highest BCUT2D eigenvalue weighted by Gasteiger charge is 2.50. The first-order chi connectivity index (χ1) is 55.0. The van der Waals surface area contributed by atoms with Crippen LogP contribution < -0.4 is 59.7 Å². The molecular formula is C86H117ClFN13O15. The molecular weight excluding hydrogens is 1510 g/mol. The van der Waals surface area contributed by atoms with Crippen LogP contribution in [-0.2, 0) is 108 Å². The number of halogens is 2. The molecule has 11 amide bonds. The first kappa shape index (κ1) is 90.1. The van der Waals surface area contributed by atoms with Crippen molar-refractivity contribution in [2.45, 2.75) is 242 Å². The fourth-order valence-electron chi connectivity index (χ4n) is 16.1. The number of amides is 11. The molecule has 630 valence electrons. The van der Waals surface area contributed by atoms with Crippen molar-refractivity contribution in [3.8, 4) is 5.75 Å². The molecule has 0 aliphatic carbocycles. The molecule has 6 aliphatic rings. The van der Waals surface area contributed by atoms with E-state index in [4.69, 9.17) is 9.47 Å². The highest BCUT2D eigenvalue weighted by molar-refractivity contribution is 6.00. The Balaban J connectivity index is 0.0000154. The number of nitrogens with zero attached hydrogens (tertiary/aromatic N) is 5. The van der Waals surface area contributed by atoms with Gasteiger partial charge < -0.3 is 93.3 Å². The fourth-order valence-corrected chi connectivity index (χ4v) is 16.1. The van der Waals surface area contributed by atoms with Gasteiger partial charge in [0.2, 0.25) is 65.0 Å². The van der Waals surface area contributed by atoms with Crippen LogP contribution in [-0.4, -0.2) is 227 Å². The Labute approximate surface area is 684 Å². The lowest BCUT2D eigenvalue weighted by atomic mass is 9.95. The second-order valence-electron chi connectivity index (χ2n) is 32.8. The molecule has 10 atom stereocenters. The third-order valence-corrected chi connectivity index (χ3v) is 22.8. The van der Waals surface area contributed by atoms with Crippen molar-refractivity contribution in [1.82, 2.24) is 61.8 Å². The molecule has 2 saturated heterocycles. The van der Waals surface area contributed by atoms with E-state index in [2.05, 4.69) is 63.7 Å². The molecule has 11 rings (SSSR count). The van der Waals surface area contributed by atoms with Gasteiger partial charge in [0.25, 0.3) is 0 Å². The molecule has 0 spiro atoms. The number of aromatic nitrogens is 1. The van der Waals surface area contributed by atoms with Crippen LogP contribution in [0.5, 0.6) is 5.75 Å². The van der Waals surface area contributed by atoms with E-state index in [1.807, 2.05) is 28.8 Å². The molecule has 30 heteroatoms. The third kappa shape index (κ3) is 25.1. The molecule has 5 aromatic rings. The Morgan fingerprint density at radius 3 is 2.09 bits per heavy atom. The Morgan fingerprint density at radius 1 is 0.655 bits per heavy atom. The molecule has 28 nitrogen and oxygen atoms in total. The summed E-state index contributed by atoms with van der Waals surface area (Å²) in [7, 11) is 7.96. The zero-order chi connectivity index (χ0) is 82.5. The number of Topliss-reactive ketones (excluding diaryl/α,β-unsaturated/α-hetero) is 1. The number of ether oxygens (including phenoxy) is 2. The quantitative estimate of drug-likeness (QED) is 0.0504. The molecule has 4 aromatic carbocycles. The van der Waals surface area contributed by atoms with Gasteiger partial charge in [-0.25, -0.2) is 4.39 Å². The molecule has 0 radical (unpaired) electrons. The summed E-state index contributed by atoms with van der Waals surface area (Å²) in [4.78, 5) is 183. The van der Waals surface area contributed by atoms with Crippen molar-refractivity contribution >= 4 is 81.7 Å². The lowest BCUT2D eigenvalue weighted by Crippen LogP contribution is -3.00. The number of methoxy groups -OCH3 is 1. The van der Waals surface area contributed by atoms with E-state index in [0.717, 1.165) is 59.2 Å². The Kier molecular flexibility index (Phi) is 32.9. The van der Waals surface area contributed by atoms with Crippen molar-refractivity contribution in [3.05, 3.63) is 136 Å². The standard InChI is InChI=1S/C86H116FN13O15.ClH/c1-55-78(106)91-67(33-30-64(102)22-14-10-8-9-13-17-45-100(4,5)6)79(107)92-68-48-60-20-18-21-61(46-60)51-89-74(104)54-115-72-38-44-98-77(72)82(110)95-76(56(2)101)81(109)94-69(47-58-27-31-65(114-7)32-28-58)84(112)99-43-19-39-86(99,3)85(113)88-40-37-57-23-25-59(26-24-57)52-97(75(105)36-35-73(103)90-55)42-16-12-11-15-41-96-53-62(49-70(83(98)111)93-80(68)108)66-50-63(87)29-34-71(66)96;/h18,20-21,23-29,31-32,34,46,50,53,55-56,67-70,72,76-77,101H,8-17,19,22,30,33,35-45,47-49,51-52,54H2,1-7H3,(H7-,88,89,90,91,92,93,94,95,103,104,106,107,108,109,110,113);1H/t55-,56+,67+,68-,69-,70-,72-,76-,77-,86-;/m0./s1. The Morgan fingerprint density at radius 2 is 1.35 bits per heavy atom. The lowest BCUT2D eigenvalue weighted by Gasteiger charge is -2.37. The van der Waals surface area contributed by atoms with Crippen LogP contribution in [0.3, 0.4) is 0 Å². The minimum Gasteiger partial charge on any atom is -1.00 e. The van der Waals surface area contributed by atoms with Crippen molar-refractivity contribution in [1.29, 1.82) is 0 Å². The smallest absolute Gasteiger partial charge is 0.246 e. The Bertz CT molecular complexity index is 4290. The number of quaternary nitrogens is 1. The van der Waals surface area contributed by atoms with Crippen LogP contribution in [0, 0.1) is 5.82 Å². The van der Waals surface area contributed by atoms with Gasteiger partial charge in [-0.1, -0.05) is 92.8 Å². The maximum absolute atomic E-state index is 16.3. The number of aliphatic hydroxyl groups excluding tert-OH is 1. The number of ketones is 1. The van der Waals surface area contributed by atoms with Gasteiger partial charge >= 0.3 is 0 Å². The number of benzene rings is 4. The van der Waals surface area contributed by atoms with Gasteiger partial charge in [0.05, 0.1) is 47.0 Å². The molecule has 116 heavy (non-hydrogen) atoms. The van der Waals surface area contributed by atoms with Crippen LogP contribution >= 0.6 is 0 Å². The average molecular weight is 1630 g/mol. The van der Waals surface area contributed by atoms with E-state index in [1.54, 1.807) is 72.6 Å². The number of fused-ring (bicyclic) bond motifs is 16. The minimum atomic E-state index is -1.85. The molecule has 1 aromatic heterocycles. The largest absolute Gasteiger partial charge is 1.00 e. The van der Waals surface area contributed by atoms with Crippen molar-refractivity contribution < 1.29 is 93.4 Å². The van der Waals surface area contributed by atoms with Crippen LogP contribution in [0.2, 0.25) is 0 Å². The van der Waals surface area contributed by atoms with E-state index >= 15 is 33.2 Å². The van der Waals surface area contributed by atoms with Crippen molar-refractivity contribution in [2.24, 2.45) is 0 Å². The number of carbonyl (C=O) groups is 12. The summed E-state index contributed by atoms with van der Waals surface area (Å²) >= 11 is 0. The second kappa shape index (κ2) is 42.3. The summed E-state index contributed by atoms with van der Waals surface area (Å²) in [5, 5.41) is 34.7. The predicted molar refractivity (Wildman–Crippen MR) is 428 cm³/mol. The molecule has 0 unspecified atom stereocenters. The molecule has 2 fully saturated rings. The van der Waals surface area contributed by atoms with Crippen LogP contribution in [0.15, 0.2) is 97.2 Å². The molecule has 0 saturated carbocycles. The molecule has 12 bridgehead atoms. The predicted octanol–water partition coefficient (Wildman–Crippen LogP) is 1.97. The fraction of sp³-hybridized carbons (Fsp3) is 0.558. The maximum Gasteiger partial charge on any atom is 0.246 e. The van der Waals surface area contributed by atoms with Gasteiger partial charge in [0, 0.05) is 108 Å². The van der Waals surface area contributed by atoms with Crippen molar-refractivity contribution in [3.63, 3.8) is 0 Å². The number of unbranched alkanes of at least 4 members (excludes halogenated alkanes) is 5. The van der Waals surface area contributed by atoms with Gasteiger partial charge in [-0.2, -0.15) is 0 Å². The van der Waals surface area contributed by atoms with Crippen LogP contribution in [0.1, 0.15) is 170 Å². The summed E-state index contributed by atoms with van der Waals surface area (Å²) in [6.07, 6.45) is 6.30. The van der Waals surface area contributed by atoms with E-state index in [1.165, 1.54) is 38.0 Å². The maximum atomic E-state index is 16.3. The first-order valence-electron chi connectivity index (χ1n) is 41.0. The number of hydrogen-bond donors (Lipinski definition) is 9. The van der Waals surface area contributed by atoms with Crippen LogP contribution in [0.25, 0.3) is 10.9 Å². The van der Waals surface area contributed by atoms with E-state index < -0.39 is 132 Å². The number of hydrogen-bond acceptors (Lipinski definition) is 15. The minimum absolute atomic E-state index is 0. The summed E-state index contributed by atoms with van der Waals surface area (Å²) in [6, 6.07) is 14.4. The van der Waals surface area contributed by atoms with Gasteiger partial charge in [0.1, 0.15) is 71.8 Å². The number of rotatable bonds is 16. The SMILES string of the molecule is COc1ccc(C[C@@H]2NC(=O)[C@H]([C@@H](C)O)NC(=O)[C@@H]3[C@@H]4CCN3C(=O)[C@@H]3Cc5cn(c6ccc(F)cc56)CCCCCCN(Cc5ccc(cc5)CCNC(=O)[C@]5(C)CCCN5C2=O)C(=O)CCC(=O)N[C@@H](C)C(=O)N[C@H](CCC(=O)CCCCCCCC[N+](C)(C)C)C(=O)N[C@@H](Cc2cccc(c2)CNC(=O)CO4)C(=O)N3)cc1.[Cl-]. The zero-order valence-corrected chi connectivity index (χ0v) is 68.8. The second-order valence-corrected chi connectivity index (χ2v) is 32.8. The lowest BCUT2D eigenvalue weighted by molar-refractivity contribution is -0.870. The molecule has 7 heterocycles. The Hall–Kier alpha value is -9.84. The van der Waals surface area contributed by atoms with Crippen molar-refractivity contribution in [2.75, 3.05) is 67.6 Å². The van der Waals surface area contributed by atoms with E-state index in [9.17, 15) is 33.9 Å². The summed E-state index contributed by atoms with van der Waals surface area (Å²) in [6.45, 7) is 5.64. The number of carbonyl (C=O) groups excluding carboxylic acids is 12.